The van der Waals surface area contributed by atoms with Crippen molar-refractivity contribution in [3.8, 4) is 0 Å². The van der Waals surface area contributed by atoms with Gasteiger partial charge in [-0.05, 0) is 58.4 Å². The number of anilines is 1. The Morgan fingerprint density at radius 2 is 1.76 bits per heavy atom. The molecule has 0 aliphatic heterocycles. The van der Waals surface area contributed by atoms with Crippen LogP contribution in [0.15, 0.2) is 35.4 Å². The molecule has 0 bridgehead atoms. The van der Waals surface area contributed by atoms with Gasteiger partial charge in [-0.15, -0.1) is 11.3 Å². The van der Waals surface area contributed by atoms with Gasteiger partial charge in [0.25, 0.3) is 5.56 Å². The predicted molar refractivity (Wildman–Crippen MR) is 125 cm³/mol. The molecule has 1 N–H and O–H groups in total. The highest BCUT2D eigenvalue weighted by molar-refractivity contribution is 7.20. The summed E-state index contributed by atoms with van der Waals surface area (Å²) in [6, 6.07) is 6.34. The van der Waals surface area contributed by atoms with Crippen molar-refractivity contribution in [3.05, 3.63) is 57.0 Å². The van der Waals surface area contributed by atoms with Gasteiger partial charge in [0.05, 0.1) is 29.5 Å². The largest absolute Gasteiger partial charge is 0.459 e. The van der Waals surface area contributed by atoms with Gasteiger partial charge in [0.15, 0.2) is 0 Å². The highest BCUT2D eigenvalue weighted by Gasteiger charge is 2.22. The van der Waals surface area contributed by atoms with E-state index in [-0.39, 0.29) is 24.1 Å². The summed E-state index contributed by atoms with van der Waals surface area (Å²) in [4.78, 5) is 54.9. The van der Waals surface area contributed by atoms with Gasteiger partial charge in [-0.1, -0.05) is 6.07 Å². The maximum Gasteiger partial charge on any atom is 0.348 e. The molecular formula is C23H25N3O6S. The fourth-order valence-electron chi connectivity index (χ4n) is 3.10. The minimum Gasteiger partial charge on any atom is -0.459 e. The Balaban J connectivity index is 1.80. The first-order chi connectivity index (χ1) is 15.6. The molecule has 9 nitrogen and oxygen atoms in total. The summed E-state index contributed by atoms with van der Waals surface area (Å²) >= 11 is 1.08. The third-order valence-electron chi connectivity index (χ3n) is 4.48. The number of carbonyl (C=O) groups excluding carboxylic acids is 3. The number of fused-ring (bicyclic) bond motifs is 1. The molecule has 10 heteroatoms. The molecule has 0 unspecified atom stereocenters. The number of hydrogen-bond donors (Lipinski definition) is 1. The lowest BCUT2D eigenvalue weighted by Gasteiger charge is -2.10. The van der Waals surface area contributed by atoms with E-state index in [1.165, 1.54) is 17.0 Å². The van der Waals surface area contributed by atoms with Crippen LogP contribution >= 0.6 is 11.3 Å². The molecule has 3 aromatic rings. The number of esters is 2. The second-order valence-corrected chi connectivity index (χ2v) is 8.95. The van der Waals surface area contributed by atoms with E-state index >= 15 is 0 Å². The van der Waals surface area contributed by atoms with Gasteiger partial charge in [-0.2, -0.15) is 0 Å². The van der Waals surface area contributed by atoms with Gasteiger partial charge in [0, 0.05) is 5.69 Å². The molecule has 2 aromatic heterocycles. The van der Waals surface area contributed by atoms with Crippen LogP contribution in [0.1, 0.15) is 53.3 Å². The third kappa shape index (κ3) is 5.64. The fraction of sp³-hybridized carbons (Fsp3) is 0.348. The van der Waals surface area contributed by atoms with E-state index in [1.807, 2.05) is 0 Å². The van der Waals surface area contributed by atoms with Crippen LogP contribution < -0.4 is 10.9 Å². The van der Waals surface area contributed by atoms with Crippen LogP contribution in [0.2, 0.25) is 0 Å². The molecule has 0 atom stereocenters. The Morgan fingerprint density at radius 3 is 2.42 bits per heavy atom. The van der Waals surface area contributed by atoms with E-state index in [0.29, 0.717) is 26.5 Å². The molecule has 0 saturated heterocycles. The lowest BCUT2D eigenvalue weighted by atomic mass is 10.2. The Hall–Kier alpha value is -3.53. The van der Waals surface area contributed by atoms with E-state index in [0.717, 1.165) is 11.3 Å². The SMILES string of the molecule is Cc1c(C(=O)OC(C)C)sc2ncn(CC(=O)Nc3cccc(C(=O)OC(C)C)c3)c(=O)c12. The summed E-state index contributed by atoms with van der Waals surface area (Å²) in [7, 11) is 0. The Kier molecular flexibility index (Phi) is 7.27. The van der Waals surface area contributed by atoms with Crippen LogP contribution in [0.3, 0.4) is 0 Å². The first-order valence-electron chi connectivity index (χ1n) is 10.4. The number of rotatable bonds is 7. The van der Waals surface area contributed by atoms with Crippen LogP contribution in [0.25, 0.3) is 10.2 Å². The number of amides is 1. The molecule has 1 aromatic carbocycles. The first-order valence-corrected chi connectivity index (χ1v) is 11.2. The van der Waals surface area contributed by atoms with Crippen molar-refractivity contribution >= 4 is 45.1 Å². The summed E-state index contributed by atoms with van der Waals surface area (Å²) in [5.74, 6) is -1.48. The summed E-state index contributed by atoms with van der Waals surface area (Å²) in [6.07, 6.45) is 0.716. The van der Waals surface area contributed by atoms with Crippen molar-refractivity contribution < 1.29 is 23.9 Å². The fourth-order valence-corrected chi connectivity index (χ4v) is 4.12. The van der Waals surface area contributed by atoms with E-state index in [1.54, 1.807) is 52.8 Å². The highest BCUT2D eigenvalue weighted by atomic mass is 32.1. The van der Waals surface area contributed by atoms with Gasteiger partial charge >= 0.3 is 11.9 Å². The number of benzene rings is 1. The number of hydrogen-bond acceptors (Lipinski definition) is 8. The molecule has 1 amide bonds. The van der Waals surface area contributed by atoms with Gasteiger partial charge in [0.1, 0.15) is 16.3 Å². The number of aromatic nitrogens is 2. The van der Waals surface area contributed by atoms with Gasteiger partial charge in [0.2, 0.25) is 5.91 Å². The zero-order valence-corrected chi connectivity index (χ0v) is 19.8. The normalized spacial score (nSPS) is 11.1. The number of nitrogens with one attached hydrogen (secondary N) is 1. The molecule has 2 heterocycles. The average molecular weight is 472 g/mol. The smallest absolute Gasteiger partial charge is 0.348 e. The topological polar surface area (TPSA) is 117 Å². The van der Waals surface area contributed by atoms with Crippen molar-refractivity contribution in [2.75, 3.05) is 5.32 Å². The van der Waals surface area contributed by atoms with E-state index in [2.05, 4.69) is 10.3 Å². The molecule has 0 saturated carbocycles. The van der Waals surface area contributed by atoms with Gasteiger partial charge in [-0.25, -0.2) is 14.6 Å². The average Bonchev–Trinajstić information content (AvgIpc) is 3.06. The Labute approximate surface area is 194 Å². The zero-order chi connectivity index (χ0) is 24.3. The molecule has 0 spiro atoms. The molecule has 3 rings (SSSR count). The monoisotopic (exact) mass is 471 g/mol. The van der Waals surface area contributed by atoms with Crippen LogP contribution in [0.5, 0.6) is 0 Å². The molecule has 0 aliphatic rings. The molecule has 33 heavy (non-hydrogen) atoms. The Morgan fingerprint density at radius 1 is 1.09 bits per heavy atom. The van der Waals surface area contributed by atoms with Crippen molar-refractivity contribution in [2.24, 2.45) is 0 Å². The number of aryl methyl sites for hydroxylation is 1. The minimum atomic E-state index is -0.509. The summed E-state index contributed by atoms with van der Waals surface area (Å²) < 4.78 is 11.6. The highest BCUT2D eigenvalue weighted by Crippen LogP contribution is 2.27. The first kappa shape index (κ1) is 24.1. The number of nitrogens with zero attached hydrogens (tertiary/aromatic N) is 2. The van der Waals surface area contributed by atoms with Crippen molar-refractivity contribution in [1.29, 1.82) is 0 Å². The van der Waals surface area contributed by atoms with E-state index in [4.69, 9.17) is 9.47 Å². The van der Waals surface area contributed by atoms with Gasteiger partial charge < -0.3 is 14.8 Å². The maximum atomic E-state index is 13.0. The molecule has 0 radical (unpaired) electrons. The van der Waals surface area contributed by atoms with Crippen LogP contribution in [0.4, 0.5) is 5.69 Å². The number of thiophene rings is 1. The Bertz CT molecular complexity index is 1270. The van der Waals surface area contributed by atoms with Crippen LogP contribution in [0, 0.1) is 6.92 Å². The quantitative estimate of drug-likeness (QED) is 0.524. The summed E-state index contributed by atoms with van der Waals surface area (Å²) in [6.45, 7) is 8.35. The zero-order valence-electron chi connectivity index (χ0n) is 19.0. The van der Waals surface area contributed by atoms with Crippen molar-refractivity contribution in [3.63, 3.8) is 0 Å². The molecule has 174 valence electrons. The third-order valence-corrected chi connectivity index (χ3v) is 5.66. The maximum absolute atomic E-state index is 13.0. The lowest BCUT2D eigenvalue weighted by molar-refractivity contribution is -0.116. The summed E-state index contributed by atoms with van der Waals surface area (Å²) in [5.41, 5.74) is 0.744. The van der Waals surface area contributed by atoms with Crippen molar-refractivity contribution in [1.82, 2.24) is 9.55 Å². The van der Waals surface area contributed by atoms with Crippen LogP contribution in [-0.2, 0) is 20.8 Å². The molecule has 0 fully saturated rings. The number of ether oxygens (including phenoxy) is 2. The van der Waals surface area contributed by atoms with Crippen molar-refractivity contribution in [2.45, 2.75) is 53.4 Å². The molecule has 0 aliphatic carbocycles. The van der Waals surface area contributed by atoms with Gasteiger partial charge in [-0.3, -0.25) is 14.2 Å². The van der Waals surface area contributed by atoms with E-state index < -0.39 is 23.4 Å². The van der Waals surface area contributed by atoms with E-state index in [9.17, 15) is 19.2 Å². The second kappa shape index (κ2) is 9.95. The standard InChI is InChI=1S/C23H25N3O6S/c1-12(2)31-22(29)15-7-6-8-16(9-15)25-17(27)10-26-11-24-20-18(21(26)28)14(5)19(33-20)23(30)32-13(3)4/h6-9,11-13H,10H2,1-5H3,(H,25,27). The summed E-state index contributed by atoms with van der Waals surface area (Å²) in [5, 5.41) is 2.95. The number of carbonyl (C=O) groups is 3. The lowest BCUT2D eigenvalue weighted by Crippen LogP contribution is -2.28. The molecular weight excluding hydrogens is 446 g/mol. The predicted octanol–water partition coefficient (Wildman–Crippen LogP) is 3.54. The van der Waals surface area contributed by atoms with Crippen LogP contribution in [-0.4, -0.2) is 39.6 Å². The second-order valence-electron chi connectivity index (χ2n) is 7.95. The minimum absolute atomic E-state index is 0.265.